The Morgan fingerprint density at radius 3 is 2.29 bits per heavy atom. The molecule has 1 aromatic rings. The summed E-state index contributed by atoms with van der Waals surface area (Å²) in [5.74, 6) is -1.75. The lowest BCUT2D eigenvalue weighted by molar-refractivity contribution is -0.121. The van der Waals surface area contributed by atoms with Crippen LogP contribution < -0.4 is 0 Å². The van der Waals surface area contributed by atoms with Crippen LogP contribution in [0.1, 0.15) is 34.3 Å². The summed E-state index contributed by atoms with van der Waals surface area (Å²) in [7, 11) is 0. The Morgan fingerprint density at radius 2 is 1.86 bits per heavy atom. The molecule has 0 saturated heterocycles. The molecule has 0 aromatic heterocycles. The molecule has 1 aliphatic rings. The second kappa shape index (κ2) is 7.60. The molecule has 0 radical (unpaired) electrons. The van der Waals surface area contributed by atoms with E-state index in [2.05, 4.69) is 0 Å². The van der Waals surface area contributed by atoms with Crippen LogP contribution in [0.4, 0.5) is 0 Å². The van der Waals surface area contributed by atoms with Gasteiger partial charge < -0.3 is 0 Å². The van der Waals surface area contributed by atoms with Crippen molar-refractivity contribution >= 4 is 23.1 Å². The maximum absolute atomic E-state index is 12.2. The fraction of sp³-hybridized carbons (Fsp3) is 0.400. The number of hydrogen-bond donors (Lipinski definition) is 0. The summed E-state index contributed by atoms with van der Waals surface area (Å²) < 4.78 is 16.6. The fourth-order valence-electron chi connectivity index (χ4n) is 2.10. The maximum atomic E-state index is 12.2. The van der Waals surface area contributed by atoms with Gasteiger partial charge in [0, 0.05) is 11.5 Å². The van der Waals surface area contributed by atoms with E-state index in [0.29, 0.717) is 5.56 Å². The standard InChI is InChI=1S/C15H15NO2.O2S/c1-9-3-6-12(10(2)7-9)15(18)13(8-16)14(17)11-4-5-11;1-3-2/h3,6-7,11,13H,4-5H2,1-2H3;. The number of hydrogen-bond acceptors (Lipinski definition) is 5. The van der Waals surface area contributed by atoms with E-state index in [4.69, 9.17) is 13.7 Å². The molecule has 1 saturated carbocycles. The van der Waals surface area contributed by atoms with Gasteiger partial charge in [0.15, 0.2) is 17.5 Å². The number of nitrogens with zero attached hydrogens (tertiary/aromatic N) is 1. The highest BCUT2D eigenvalue weighted by atomic mass is 32.1. The predicted molar refractivity (Wildman–Crippen MR) is 76.0 cm³/mol. The number of Topliss-reactive ketones (excluding diaryl/α,β-unsaturated/α-hetero) is 2. The minimum Gasteiger partial charge on any atom is -0.297 e. The van der Waals surface area contributed by atoms with Crippen LogP contribution in [0.2, 0.25) is 0 Å². The Morgan fingerprint density at radius 1 is 1.29 bits per heavy atom. The van der Waals surface area contributed by atoms with Crippen molar-refractivity contribution in [3.05, 3.63) is 34.9 Å². The molecule has 5 nitrogen and oxygen atoms in total. The molecule has 0 heterocycles. The Hall–Kier alpha value is -2.13. The SMILES string of the molecule is Cc1ccc(C(=O)C(C#N)C(=O)C2CC2)c(C)c1.O=S=O. The van der Waals surface area contributed by atoms with Crippen LogP contribution in [0, 0.1) is 37.0 Å². The van der Waals surface area contributed by atoms with E-state index in [-0.39, 0.29) is 17.5 Å². The summed E-state index contributed by atoms with van der Waals surface area (Å²) in [4.78, 5) is 24.1. The molecule has 1 aliphatic carbocycles. The zero-order valence-corrected chi connectivity index (χ0v) is 12.6. The van der Waals surface area contributed by atoms with Gasteiger partial charge in [-0.1, -0.05) is 23.8 Å². The van der Waals surface area contributed by atoms with Crippen LogP contribution >= 0.6 is 0 Å². The van der Waals surface area contributed by atoms with Crippen LogP contribution in [0.25, 0.3) is 0 Å². The Kier molecular flexibility index (Phi) is 6.12. The monoisotopic (exact) mass is 305 g/mol. The fourth-order valence-corrected chi connectivity index (χ4v) is 2.10. The first kappa shape index (κ1) is 16.9. The van der Waals surface area contributed by atoms with E-state index in [1.807, 2.05) is 32.0 Å². The molecule has 0 bridgehead atoms. The molecule has 6 heteroatoms. The summed E-state index contributed by atoms with van der Waals surface area (Å²) in [6, 6.07) is 7.29. The highest BCUT2D eigenvalue weighted by Gasteiger charge is 2.38. The van der Waals surface area contributed by atoms with Gasteiger partial charge in [0.2, 0.25) is 0 Å². The average molecular weight is 305 g/mol. The van der Waals surface area contributed by atoms with Gasteiger partial charge in [0.25, 0.3) is 0 Å². The first-order chi connectivity index (χ1) is 9.96. The number of benzene rings is 1. The van der Waals surface area contributed by atoms with Gasteiger partial charge in [0.1, 0.15) is 0 Å². The quantitative estimate of drug-likeness (QED) is 0.626. The summed E-state index contributed by atoms with van der Waals surface area (Å²) in [5.41, 5.74) is 2.37. The molecule has 0 aliphatic heterocycles. The van der Waals surface area contributed by atoms with Crippen LogP contribution in [-0.2, 0) is 16.4 Å². The van der Waals surface area contributed by atoms with Crippen molar-refractivity contribution in [2.45, 2.75) is 26.7 Å². The molecule has 0 N–H and O–H groups in total. The lowest BCUT2D eigenvalue weighted by atomic mass is 9.90. The predicted octanol–water partition coefficient (Wildman–Crippen LogP) is 1.93. The van der Waals surface area contributed by atoms with Gasteiger partial charge in [0.05, 0.1) is 6.07 Å². The molecule has 1 fully saturated rings. The summed E-state index contributed by atoms with van der Waals surface area (Å²) in [6.07, 6.45) is 1.63. The van der Waals surface area contributed by atoms with Gasteiger partial charge in [-0.05, 0) is 32.3 Å². The van der Waals surface area contributed by atoms with E-state index in [9.17, 15) is 9.59 Å². The zero-order chi connectivity index (χ0) is 16.0. The van der Waals surface area contributed by atoms with E-state index >= 15 is 0 Å². The summed E-state index contributed by atoms with van der Waals surface area (Å²) >= 11 is -0.750. The summed E-state index contributed by atoms with van der Waals surface area (Å²) in [6.45, 7) is 3.77. The first-order valence-corrected chi connectivity index (χ1v) is 7.09. The third-order valence-corrected chi connectivity index (χ3v) is 3.30. The number of carbonyl (C=O) groups is 2. The van der Waals surface area contributed by atoms with Crippen LogP contribution in [-0.4, -0.2) is 20.0 Å². The van der Waals surface area contributed by atoms with Gasteiger partial charge in [-0.2, -0.15) is 13.7 Å². The van der Waals surface area contributed by atoms with Crippen molar-refractivity contribution in [3.8, 4) is 6.07 Å². The smallest absolute Gasteiger partial charge is 0.297 e. The normalized spacial score (nSPS) is 14.1. The molecule has 2 rings (SSSR count). The van der Waals surface area contributed by atoms with Crippen molar-refractivity contribution in [1.82, 2.24) is 0 Å². The average Bonchev–Trinajstić information content (AvgIpc) is 3.24. The molecule has 21 heavy (non-hydrogen) atoms. The molecule has 0 spiro atoms. The van der Waals surface area contributed by atoms with Crippen molar-refractivity contribution < 1.29 is 18.0 Å². The first-order valence-electron chi connectivity index (χ1n) is 6.42. The third kappa shape index (κ3) is 4.43. The van der Waals surface area contributed by atoms with Gasteiger partial charge in [-0.25, -0.2) is 0 Å². The zero-order valence-electron chi connectivity index (χ0n) is 11.8. The number of carbonyl (C=O) groups excluding carboxylic acids is 2. The van der Waals surface area contributed by atoms with Crippen LogP contribution in [0.15, 0.2) is 18.2 Å². The number of ketones is 2. The Balaban J connectivity index is 0.000000677. The number of rotatable bonds is 4. The van der Waals surface area contributed by atoms with Crippen molar-refractivity contribution in [1.29, 1.82) is 5.26 Å². The van der Waals surface area contributed by atoms with Crippen molar-refractivity contribution in [2.24, 2.45) is 11.8 Å². The second-order valence-electron chi connectivity index (χ2n) is 4.99. The molecule has 1 unspecified atom stereocenters. The van der Waals surface area contributed by atoms with Gasteiger partial charge in [-0.3, -0.25) is 9.59 Å². The molecule has 1 atom stereocenters. The maximum Gasteiger partial charge on any atom is 0.335 e. The number of aryl methyl sites for hydroxylation is 2. The largest absolute Gasteiger partial charge is 0.335 e. The van der Waals surface area contributed by atoms with E-state index in [1.165, 1.54) is 0 Å². The number of nitriles is 1. The minimum absolute atomic E-state index is 0.0654. The van der Waals surface area contributed by atoms with Crippen LogP contribution in [0.3, 0.4) is 0 Å². The third-order valence-electron chi connectivity index (χ3n) is 3.30. The molecular weight excluding hydrogens is 290 g/mol. The van der Waals surface area contributed by atoms with E-state index < -0.39 is 17.5 Å². The Labute approximate surface area is 126 Å². The van der Waals surface area contributed by atoms with Gasteiger partial charge in [-0.15, -0.1) is 0 Å². The van der Waals surface area contributed by atoms with Crippen molar-refractivity contribution in [3.63, 3.8) is 0 Å². The second-order valence-corrected chi connectivity index (χ2v) is 5.13. The lowest BCUT2D eigenvalue weighted by Gasteiger charge is -2.09. The van der Waals surface area contributed by atoms with E-state index in [1.54, 1.807) is 6.07 Å². The molecule has 1 aromatic carbocycles. The minimum atomic E-state index is -1.13. The summed E-state index contributed by atoms with van der Waals surface area (Å²) in [5, 5.41) is 9.06. The molecular formula is C15H15NO4S. The highest BCUT2D eigenvalue weighted by Crippen LogP contribution is 2.33. The molecule has 110 valence electrons. The van der Waals surface area contributed by atoms with Crippen molar-refractivity contribution in [2.75, 3.05) is 0 Å². The Bertz CT molecular complexity index is 638. The van der Waals surface area contributed by atoms with E-state index in [0.717, 1.165) is 24.0 Å². The van der Waals surface area contributed by atoms with Crippen LogP contribution in [0.5, 0.6) is 0 Å². The molecule has 0 amide bonds. The van der Waals surface area contributed by atoms with Gasteiger partial charge >= 0.3 is 11.6 Å². The highest BCUT2D eigenvalue weighted by molar-refractivity contribution is 7.51. The lowest BCUT2D eigenvalue weighted by Crippen LogP contribution is -2.24. The topological polar surface area (TPSA) is 92.1 Å².